The molecule has 7 nitrogen and oxygen atoms in total. The molecule has 1 fully saturated rings. The Hall–Kier alpha value is -3.46. The molecule has 3 aromatic rings. The summed E-state index contributed by atoms with van der Waals surface area (Å²) < 4.78 is 38.1. The van der Waals surface area contributed by atoms with E-state index in [4.69, 9.17) is 8.92 Å². The predicted octanol–water partition coefficient (Wildman–Crippen LogP) is 5.24. The number of nitrogens with zero attached hydrogens (tertiary/aromatic N) is 2. The summed E-state index contributed by atoms with van der Waals surface area (Å²) >= 11 is 0. The van der Waals surface area contributed by atoms with Gasteiger partial charge in [0, 0.05) is 38.1 Å². The minimum atomic E-state index is -4.14. The molecule has 0 radical (unpaired) electrons. The number of esters is 1. The number of carbonyl (C=O) groups excluding carboxylic acids is 1. The second kappa shape index (κ2) is 12.0. The van der Waals surface area contributed by atoms with Crippen LogP contribution in [-0.2, 0) is 30.4 Å². The number of rotatable bonds is 9. The Morgan fingerprint density at radius 1 is 0.950 bits per heavy atom. The summed E-state index contributed by atoms with van der Waals surface area (Å²) in [6, 6.07) is 26.5. The number of piperazine rings is 1. The highest BCUT2D eigenvalue weighted by Gasteiger charge is 2.48. The molecule has 8 heteroatoms. The van der Waals surface area contributed by atoms with Crippen LogP contribution in [0.3, 0.4) is 0 Å². The molecular formula is C32H36N2O5S. The zero-order valence-corrected chi connectivity index (χ0v) is 24.0. The number of hydrogen-bond donors (Lipinski definition) is 0. The molecule has 2 aliphatic rings. The van der Waals surface area contributed by atoms with Crippen LogP contribution in [0.1, 0.15) is 43.0 Å². The average molecular weight is 561 g/mol. The van der Waals surface area contributed by atoms with Crippen LogP contribution >= 0.6 is 0 Å². The second-order valence-corrected chi connectivity index (χ2v) is 12.0. The van der Waals surface area contributed by atoms with E-state index in [-0.39, 0.29) is 41.3 Å². The fourth-order valence-corrected chi connectivity index (χ4v) is 6.85. The lowest BCUT2D eigenvalue weighted by Crippen LogP contribution is -2.62. The van der Waals surface area contributed by atoms with Gasteiger partial charge in [-0.05, 0) is 44.0 Å². The van der Waals surface area contributed by atoms with Crippen LogP contribution in [0.15, 0.2) is 101 Å². The van der Waals surface area contributed by atoms with E-state index in [1.807, 2.05) is 43.3 Å². The van der Waals surface area contributed by atoms with Gasteiger partial charge in [0.2, 0.25) is 0 Å². The maximum atomic E-state index is 13.5. The summed E-state index contributed by atoms with van der Waals surface area (Å²) in [7, 11) is -4.14. The first-order chi connectivity index (χ1) is 19.3. The molecule has 3 atom stereocenters. The molecule has 0 spiro atoms. The van der Waals surface area contributed by atoms with Crippen LogP contribution in [0.2, 0.25) is 0 Å². The molecule has 2 aliphatic heterocycles. The van der Waals surface area contributed by atoms with Crippen molar-refractivity contribution in [3.05, 3.63) is 113 Å². The summed E-state index contributed by atoms with van der Waals surface area (Å²) in [4.78, 5) is 18.3. The van der Waals surface area contributed by atoms with Gasteiger partial charge < -0.3 is 8.92 Å². The lowest BCUT2D eigenvalue weighted by atomic mass is 9.86. The first-order valence-electron chi connectivity index (χ1n) is 13.8. The quantitative estimate of drug-likeness (QED) is 0.262. The lowest BCUT2D eigenvalue weighted by molar-refractivity contribution is -0.141. The molecule has 0 aliphatic carbocycles. The standard InChI is InChI=1S/C32H36N2O5S/c1-4-38-32(35)31-29-22-33(20-25-11-7-5-8-12-25)21-27(34(29)24(3)26-13-9-6-10-14-26)19-30(31)39-40(36,37)28-17-15-23(2)16-18-28/h5-18,24,27,29H,4,19-22H2,1-3H3. The van der Waals surface area contributed by atoms with Crippen molar-refractivity contribution in [1.29, 1.82) is 0 Å². The zero-order chi connectivity index (χ0) is 28.3. The molecule has 3 aromatic carbocycles. The SMILES string of the molecule is CCOC(=O)C1=C(OS(=O)(=O)c2ccc(C)cc2)CC2CN(Cc3ccccc3)CC1N2C(C)c1ccccc1. The molecular weight excluding hydrogens is 524 g/mol. The monoisotopic (exact) mass is 560 g/mol. The van der Waals surface area contributed by atoms with E-state index in [0.717, 1.165) is 17.7 Å². The van der Waals surface area contributed by atoms with Gasteiger partial charge in [-0.1, -0.05) is 78.4 Å². The van der Waals surface area contributed by atoms with Gasteiger partial charge in [-0.15, -0.1) is 0 Å². The van der Waals surface area contributed by atoms with Crippen molar-refractivity contribution in [3.8, 4) is 0 Å². The van der Waals surface area contributed by atoms with Crippen molar-refractivity contribution >= 4 is 16.1 Å². The molecule has 40 heavy (non-hydrogen) atoms. The van der Waals surface area contributed by atoms with E-state index in [1.165, 1.54) is 17.7 Å². The van der Waals surface area contributed by atoms with Crippen LogP contribution in [0.5, 0.6) is 0 Å². The summed E-state index contributed by atoms with van der Waals surface area (Å²) in [5.74, 6) is -0.350. The average Bonchev–Trinajstić information content (AvgIpc) is 2.93. The Morgan fingerprint density at radius 3 is 2.25 bits per heavy atom. The van der Waals surface area contributed by atoms with Crippen molar-refractivity contribution in [1.82, 2.24) is 9.80 Å². The molecule has 0 aromatic heterocycles. The smallest absolute Gasteiger partial charge is 0.339 e. The summed E-state index contributed by atoms with van der Waals surface area (Å²) in [6.45, 7) is 7.93. The second-order valence-electron chi connectivity index (χ2n) is 10.5. The zero-order valence-electron chi connectivity index (χ0n) is 23.2. The number of fused-ring (bicyclic) bond motifs is 2. The molecule has 5 rings (SSSR count). The van der Waals surface area contributed by atoms with Crippen LogP contribution in [-0.4, -0.2) is 56.0 Å². The van der Waals surface area contributed by atoms with Gasteiger partial charge in [0.15, 0.2) is 0 Å². The van der Waals surface area contributed by atoms with Crippen LogP contribution in [0, 0.1) is 6.92 Å². The maximum Gasteiger partial charge on any atom is 0.339 e. The first kappa shape index (κ1) is 28.1. The first-order valence-corrected chi connectivity index (χ1v) is 15.2. The minimum Gasteiger partial charge on any atom is -0.462 e. The van der Waals surface area contributed by atoms with E-state index >= 15 is 0 Å². The van der Waals surface area contributed by atoms with Gasteiger partial charge in [0.05, 0.1) is 18.2 Å². The largest absolute Gasteiger partial charge is 0.462 e. The third-order valence-corrected chi connectivity index (χ3v) is 9.00. The Bertz CT molecular complexity index is 1460. The van der Waals surface area contributed by atoms with Gasteiger partial charge in [0.25, 0.3) is 0 Å². The Morgan fingerprint density at radius 2 is 1.60 bits per heavy atom. The van der Waals surface area contributed by atoms with Crippen LogP contribution in [0.25, 0.3) is 0 Å². The van der Waals surface area contributed by atoms with Crippen molar-refractivity contribution in [2.24, 2.45) is 0 Å². The molecule has 0 amide bonds. The van der Waals surface area contributed by atoms with Gasteiger partial charge in [0.1, 0.15) is 10.7 Å². The molecule has 1 saturated heterocycles. The van der Waals surface area contributed by atoms with Gasteiger partial charge >= 0.3 is 16.1 Å². The van der Waals surface area contributed by atoms with E-state index in [2.05, 4.69) is 41.0 Å². The Kier molecular flexibility index (Phi) is 8.40. The lowest BCUT2D eigenvalue weighted by Gasteiger charge is -2.52. The highest BCUT2D eigenvalue weighted by molar-refractivity contribution is 7.86. The van der Waals surface area contributed by atoms with E-state index in [1.54, 1.807) is 19.1 Å². The van der Waals surface area contributed by atoms with Crippen molar-refractivity contribution < 1.29 is 22.1 Å². The molecule has 3 unspecified atom stereocenters. The fourth-order valence-electron chi connectivity index (χ4n) is 5.86. The summed E-state index contributed by atoms with van der Waals surface area (Å²) in [6.07, 6.45) is 0.276. The Balaban J connectivity index is 1.56. The van der Waals surface area contributed by atoms with E-state index < -0.39 is 22.1 Å². The highest BCUT2D eigenvalue weighted by atomic mass is 32.2. The number of carbonyl (C=O) groups is 1. The van der Waals surface area contributed by atoms with Crippen molar-refractivity contribution in [2.75, 3.05) is 19.7 Å². The third-order valence-electron chi connectivity index (χ3n) is 7.73. The van der Waals surface area contributed by atoms with Crippen molar-refractivity contribution in [2.45, 2.75) is 56.8 Å². The topological polar surface area (TPSA) is 76.1 Å². The molecule has 2 bridgehead atoms. The number of benzene rings is 3. The minimum absolute atomic E-state index is 0.00485. The van der Waals surface area contributed by atoms with Gasteiger partial charge in [-0.25, -0.2) is 4.79 Å². The maximum absolute atomic E-state index is 13.5. The van der Waals surface area contributed by atoms with Crippen molar-refractivity contribution in [3.63, 3.8) is 0 Å². The summed E-state index contributed by atoms with van der Waals surface area (Å²) in [5, 5.41) is 0. The normalized spacial score (nSPS) is 20.7. The molecule has 0 N–H and O–H groups in total. The molecule has 2 heterocycles. The predicted molar refractivity (Wildman–Crippen MR) is 154 cm³/mol. The Labute approximate surface area is 237 Å². The fraction of sp³-hybridized carbons (Fsp3) is 0.344. The number of hydrogen-bond acceptors (Lipinski definition) is 7. The van der Waals surface area contributed by atoms with Crippen LogP contribution < -0.4 is 0 Å². The van der Waals surface area contributed by atoms with Gasteiger partial charge in [-0.3, -0.25) is 9.80 Å². The van der Waals surface area contributed by atoms with E-state index in [0.29, 0.717) is 13.1 Å². The number of ether oxygens (including phenoxy) is 1. The molecule has 210 valence electrons. The van der Waals surface area contributed by atoms with E-state index in [9.17, 15) is 13.2 Å². The summed E-state index contributed by atoms with van der Waals surface area (Å²) in [5.41, 5.74) is 3.55. The number of aryl methyl sites for hydroxylation is 1. The molecule has 0 saturated carbocycles. The highest BCUT2D eigenvalue weighted by Crippen LogP contribution is 2.41. The van der Waals surface area contributed by atoms with Gasteiger partial charge in [-0.2, -0.15) is 8.42 Å². The third kappa shape index (κ3) is 5.99. The van der Waals surface area contributed by atoms with Crippen LogP contribution in [0.4, 0.5) is 0 Å².